The van der Waals surface area contributed by atoms with E-state index < -0.39 is 0 Å². The molecule has 118 valence electrons. The number of rotatable bonds is 2. The number of nitriles is 1. The zero-order valence-corrected chi connectivity index (χ0v) is 14.4. The van der Waals surface area contributed by atoms with Gasteiger partial charge >= 0.3 is 0 Å². The number of halogens is 1. The lowest BCUT2D eigenvalue weighted by atomic mass is 9.89. The zero-order valence-electron chi connectivity index (χ0n) is 13.7. The summed E-state index contributed by atoms with van der Waals surface area (Å²) >= 11 is 6.38. The summed E-state index contributed by atoms with van der Waals surface area (Å²) in [6.45, 7) is 7.52. The fourth-order valence-corrected chi connectivity index (χ4v) is 3.67. The van der Waals surface area contributed by atoms with Gasteiger partial charge in [0.15, 0.2) is 0 Å². The zero-order chi connectivity index (χ0) is 16.6. The first-order valence-electron chi connectivity index (χ1n) is 7.79. The first-order valence-corrected chi connectivity index (χ1v) is 8.16. The van der Waals surface area contributed by atoms with Crippen LogP contribution in [0.1, 0.15) is 43.0 Å². The third-order valence-corrected chi connectivity index (χ3v) is 5.06. The minimum atomic E-state index is 0.216. The monoisotopic (exact) mass is 325 g/mol. The highest BCUT2D eigenvalue weighted by Gasteiger charge is 2.39. The molecule has 1 unspecified atom stereocenters. The molecule has 1 fully saturated rings. The lowest BCUT2D eigenvalue weighted by Crippen LogP contribution is -2.26. The molecule has 0 bridgehead atoms. The third kappa shape index (κ3) is 2.92. The Hall–Kier alpha value is -2.05. The molecule has 0 saturated carbocycles. The summed E-state index contributed by atoms with van der Waals surface area (Å²) in [5, 5.41) is 9.71. The van der Waals surface area contributed by atoms with Crippen LogP contribution in [0.3, 0.4) is 0 Å². The Morgan fingerprint density at radius 1 is 1.35 bits per heavy atom. The van der Waals surface area contributed by atoms with E-state index in [0.29, 0.717) is 10.6 Å². The number of anilines is 1. The maximum Gasteiger partial charge on any atom is 0.101 e. The van der Waals surface area contributed by atoms with Crippen molar-refractivity contribution >= 4 is 17.3 Å². The lowest BCUT2D eigenvalue weighted by molar-refractivity contribution is 0.404. The topological polar surface area (TPSA) is 39.9 Å². The van der Waals surface area contributed by atoms with Gasteiger partial charge in [-0.05, 0) is 48.1 Å². The molecular weight excluding hydrogens is 306 g/mol. The van der Waals surface area contributed by atoms with E-state index in [1.54, 1.807) is 6.20 Å². The van der Waals surface area contributed by atoms with Gasteiger partial charge in [0.2, 0.25) is 0 Å². The fraction of sp³-hybridized carbons (Fsp3) is 0.368. The van der Waals surface area contributed by atoms with E-state index in [0.717, 1.165) is 24.2 Å². The molecule has 1 aromatic carbocycles. The molecule has 0 N–H and O–H groups in total. The van der Waals surface area contributed by atoms with E-state index >= 15 is 0 Å². The SMILES string of the molecule is Cc1c(N2CC(C)(C)CC2c2cccnc2)ccc(C#N)c1Cl. The van der Waals surface area contributed by atoms with Crippen molar-refractivity contribution in [2.45, 2.75) is 33.2 Å². The van der Waals surface area contributed by atoms with Crippen molar-refractivity contribution in [3.63, 3.8) is 0 Å². The molecular formula is C19H20ClN3. The highest BCUT2D eigenvalue weighted by Crippen LogP contribution is 2.46. The summed E-state index contributed by atoms with van der Waals surface area (Å²) in [5.41, 5.74) is 4.04. The molecule has 2 heterocycles. The van der Waals surface area contributed by atoms with Crippen LogP contribution in [0, 0.1) is 23.7 Å². The second-order valence-electron chi connectivity index (χ2n) is 6.98. The number of benzene rings is 1. The molecule has 3 nitrogen and oxygen atoms in total. The van der Waals surface area contributed by atoms with Crippen molar-refractivity contribution in [1.29, 1.82) is 5.26 Å². The quantitative estimate of drug-likeness (QED) is 0.789. The second-order valence-corrected chi connectivity index (χ2v) is 7.36. The lowest BCUT2D eigenvalue weighted by Gasteiger charge is -2.29. The van der Waals surface area contributed by atoms with Crippen molar-refractivity contribution in [2.75, 3.05) is 11.4 Å². The van der Waals surface area contributed by atoms with E-state index in [9.17, 15) is 0 Å². The van der Waals surface area contributed by atoms with E-state index in [-0.39, 0.29) is 11.5 Å². The van der Waals surface area contributed by atoms with Gasteiger partial charge < -0.3 is 4.90 Å². The number of pyridine rings is 1. The maximum atomic E-state index is 9.16. The van der Waals surface area contributed by atoms with Crippen LogP contribution >= 0.6 is 11.6 Å². The Morgan fingerprint density at radius 2 is 2.13 bits per heavy atom. The van der Waals surface area contributed by atoms with E-state index in [4.69, 9.17) is 16.9 Å². The van der Waals surface area contributed by atoms with Crippen LogP contribution in [-0.4, -0.2) is 11.5 Å². The molecule has 0 spiro atoms. The molecule has 0 aliphatic carbocycles. The van der Waals surface area contributed by atoms with Gasteiger partial charge in [-0.15, -0.1) is 0 Å². The van der Waals surface area contributed by atoms with Crippen LogP contribution in [0.4, 0.5) is 5.69 Å². The predicted molar refractivity (Wildman–Crippen MR) is 93.6 cm³/mol. The highest BCUT2D eigenvalue weighted by atomic mass is 35.5. The average Bonchev–Trinajstić information content (AvgIpc) is 2.86. The first-order chi connectivity index (χ1) is 10.9. The minimum absolute atomic E-state index is 0.216. The molecule has 23 heavy (non-hydrogen) atoms. The Balaban J connectivity index is 2.07. The Labute approximate surface area is 142 Å². The van der Waals surface area contributed by atoms with Crippen molar-refractivity contribution < 1.29 is 0 Å². The standard InChI is InChI=1S/C19H20ClN3/c1-13-16(7-6-14(10-21)18(13)20)23-12-19(2,3)9-17(23)15-5-4-8-22-11-15/h4-8,11,17H,9,12H2,1-3H3. The van der Waals surface area contributed by atoms with Crippen LogP contribution in [0.15, 0.2) is 36.7 Å². The summed E-state index contributed by atoms with van der Waals surface area (Å²) in [5.74, 6) is 0. The molecule has 1 aliphatic rings. The summed E-state index contributed by atoms with van der Waals surface area (Å²) in [6, 6.07) is 10.4. The summed E-state index contributed by atoms with van der Waals surface area (Å²) in [7, 11) is 0. The van der Waals surface area contributed by atoms with Crippen molar-refractivity contribution in [2.24, 2.45) is 5.41 Å². The summed E-state index contributed by atoms with van der Waals surface area (Å²) in [4.78, 5) is 6.68. The van der Waals surface area contributed by atoms with Gasteiger partial charge in [-0.1, -0.05) is 31.5 Å². The molecule has 0 radical (unpaired) electrons. The Bertz CT molecular complexity index is 762. The number of aromatic nitrogens is 1. The largest absolute Gasteiger partial charge is 0.364 e. The fourth-order valence-electron chi connectivity index (χ4n) is 3.47. The second kappa shape index (κ2) is 5.86. The molecule has 1 aliphatic heterocycles. The summed E-state index contributed by atoms with van der Waals surface area (Å²) < 4.78 is 0. The van der Waals surface area contributed by atoms with Crippen LogP contribution in [-0.2, 0) is 0 Å². The van der Waals surface area contributed by atoms with Gasteiger partial charge in [0.1, 0.15) is 6.07 Å². The minimum Gasteiger partial charge on any atom is -0.364 e. The van der Waals surface area contributed by atoms with Crippen LogP contribution < -0.4 is 4.90 Å². The molecule has 0 amide bonds. The van der Waals surface area contributed by atoms with Crippen molar-refractivity contribution in [3.8, 4) is 6.07 Å². The van der Waals surface area contributed by atoms with Gasteiger partial charge in [-0.3, -0.25) is 4.98 Å². The normalized spacial score (nSPS) is 19.6. The van der Waals surface area contributed by atoms with Crippen LogP contribution in [0.2, 0.25) is 5.02 Å². The van der Waals surface area contributed by atoms with E-state index in [1.807, 2.05) is 31.3 Å². The van der Waals surface area contributed by atoms with Gasteiger partial charge in [0.05, 0.1) is 16.6 Å². The number of hydrogen-bond donors (Lipinski definition) is 0. The van der Waals surface area contributed by atoms with Gasteiger partial charge in [0.25, 0.3) is 0 Å². The van der Waals surface area contributed by atoms with Gasteiger partial charge in [0, 0.05) is 24.6 Å². The van der Waals surface area contributed by atoms with E-state index in [1.165, 1.54) is 5.56 Å². The molecule has 1 atom stereocenters. The van der Waals surface area contributed by atoms with Gasteiger partial charge in [-0.25, -0.2) is 0 Å². The summed E-state index contributed by atoms with van der Waals surface area (Å²) in [6.07, 6.45) is 4.81. The van der Waals surface area contributed by atoms with Gasteiger partial charge in [-0.2, -0.15) is 5.26 Å². The average molecular weight is 326 g/mol. The molecule has 1 aromatic heterocycles. The molecule has 1 saturated heterocycles. The Morgan fingerprint density at radius 3 is 2.78 bits per heavy atom. The Kier molecular flexibility index (Phi) is 4.04. The smallest absolute Gasteiger partial charge is 0.101 e. The highest BCUT2D eigenvalue weighted by molar-refractivity contribution is 6.32. The van der Waals surface area contributed by atoms with Crippen LogP contribution in [0.5, 0.6) is 0 Å². The molecule has 2 aromatic rings. The molecule has 4 heteroatoms. The van der Waals surface area contributed by atoms with Crippen molar-refractivity contribution in [3.05, 3.63) is 58.4 Å². The molecule has 3 rings (SSSR count). The number of nitrogens with zero attached hydrogens (tertiary/aromatic N) is 3. The predicted octanol–water partition coefficient (Wildman–Crippen LogP) is 4.89. The van der Waals surface area contributed by atoms with Crippen molar-refractivity contribution in [1.82, 2.24) is 4.98 Å². The third-order valence-electron chi connectivity index (χ3n) is 4.58. The van der Waals surface area contributed by atoms with Crippen LogP contribution in [0.25, 0.3) is 0 Å². The van der Waals surface area contributed by atoms with E-state index in [2.05, 4.69) is 35.9 Å². The first kappa shape index (κ1) is 15.8. The maximum absolute atomic E-state index is 9.16. The number of hydrogen-bond acceptors (Lipinski definition) is 3.